The van der Waals surface area contributed by atoms with Crippen LogP contribution < -0.4 is 15.4 Å². The van der Waals surface area contributed by atoms with Crippen LogP contribution in [0.2, 0.25) is 5.02 Å². The summed E-state index contributed by atoms with van der Waals surface area (Å²) >= 11 is 6.36. The molecule has 2 aliphatic heterocycles. The SMILES string of the molecule is CN(CCC(=O)N1CCN(c2ccc(C#N)cn2)CC1)CC1c2ccccc2CN1c1cn[nH]c(=O)c1Cl. The van der Waals surface area contributed by atoms with Gasteiger partial charge in [-0.05, 0) is 30.3 Å². The Balaban J connectivity index is 1.17. The monoisotopic (exact) mass is 532 g/mol. The number of fused-ring (bicyclic) bond motifs is 1. The van der Waals surface area contributed by atoms with Gasteiger partial charge in [0.15, 0.2) is 0 Å². The number of hydrogen-bond donors (Lipinski definition) is 1. The zero-order valence-corrected chi connectivity index (χ0v) is 21.9. The first-order chi connectivity index (χ1) is 18.4. The Labute approximate surface area is 226 Å². The van der Waals surface area contributed by atoms with Gasteiger partial charge in [-0.3, -0.25) is 9.59 Å². The zero-order valence-electron chi connectivity index (χ0n) is 21.2. The van der Waals surface area contributed by atoms with E-state index in [2.05, 4.69) is 48.1 Å². The van der Waals surface area contributed by atoms with Crippen LogP contribution in [-0.2, 0) is 11.3 Å². The molecule has 1 saturated heterocycles. The van der Waals surface area contributed by atoms with Crippen molar-refractivity contribution in [3.05, 3.63) is 80.9 Å². The number of pyridine rings is 1. The van der Waals surface area contributed by atoms with Gasteiger partial charge in [0.05, 0.1) is 23.5 Å². The fraction of sp³-hybridized carbons (Fsp3) is 0.370. The summed E-state index contributed by atoms with van der Waals surface area (Å²) in [6, 6.07) is 13.9. The van der Waals surface area contributed by atoms with Gasteiger partial charge < -0.3 is 19.6 Å². The number of hydrogen-bond acceptors (Lipinski definition) is 8. The molecule has 2 aromatic heterocycles. The molecule has 3 aromatic rings. The van der Waals surface area contributed by atoms with Crippen molar-refractivity contribution in [1.29, 1.82) is 5.26 Å². The van der Waals surface area contributed by atoms with E-state index in [1.807, 2.05) is 30.1 Å². The Bertz CT molecular complexity index is 1400. The fourth-order valence-corrected chi connectivity index (χ4v) is 5.34. The summed E-state index contributed by atoms with van der Waals surface area (Å²) in [7, 11) is 2.01. The highest BCUT2D eigenvalue weighted by Gasteiger charge is 2.33. The van der Waals surface area contributed by atoms with Gasteiger partial charge in [-0.25, -0.2) is 10.1 Å². The van der Waals surface area contributed by atoms with Crippen molar-refractivity contribution < 1.29 is 4.79 Å². The van der Waals surface area contributed by atoms with Gasteiger partial charge >= 0.3 is 0 Å². The molecule has 0 radical (unpaired) electrons. The Morgan fingerprint density at radius 2 is 1.97 bits per heavy atom. The summed E-state index contributed by atoms with van der Waals surface area (Å²) in [5, 5.41) is 15.4. The number of aromatic amines is 1. The molecule has 1 fully saturated rings. The molecule has 11 heteroatoms. The van der Waals surface area contributed by atoms with Gasteiger partial charge in [0.1, 0.15) is 16.9 Å². The van der Waals surface area contributed by atoms with E-state index in [9.17, 15) is 9.59 Å². The van der Waals surface area contributed by atoms with E-state index in [1.165, 1.54) is 11.1 Å². The number of rotatable bonds is 7. The van der Waals surface area contributed by atoms with Gasteiger partial charge in [-0.2, -0.15) is 10.4 Å². The van der Waals surface area contributed by atoms with Crippen LogP contribution >= 0.6 is 11.6 Å². The predicted molar refractivity (Wildman–Crippen MR) is 145 cm³/mol. The van der Waals surface area contributed by atoms with Crippen LogP contribution in [0.3, 0.4) is 0 Å². The lowest BCUT2D eigenvalue weighted by Crippen LogP contribution is -2.49. The largest absolute Gasteiger partial charge is 0.356 e. The highest BCUT2D eigenvalue weighted by atomic mass is 35.5. The second kappa shape index (κ2) is 11.2. The maximum Gasteiger partial charge on any atom is 0.285 e. The number of halogens is 1. The molecular weight excluding hydrogens is 504 g/mol. The summed E-state index contributed by atoms with van der Waals surface area (Å²) < 4.78 is 0. The van der Waals surface area contributed by atoms with E-state index in [0.29, 0.717) is 63.5 Å². The van der Waals surface area contributed by atoms with Crippen molar-refractivity contribution in [3.8, 4) is 6.07 Å². The number of anilines is 2. The number of nitrogens with zero attached hydrogens (tertiary/aromatic N) is 7. The molecule has 0 spiro atoms. The van der Waals surface area contributed by atoms with Crippen molar-refractivity contribution >= 4 is 29.0 Å². The molecule has 5 rings (SSSR count). The van der Waals surface area contributed by atoms with Gasteiger partial charge in [-0.15, -0.1) is 0 Å². The highest BCUT2D eigenvalue weighted by Crippen LogP contribution is 2.39. The van der Waals surface area contributed by atoms with Gasteiger partial charge in [0.2, 0.25) is 5.91 Å². The Morgan fingerprint density at radius 3 is 2.71 bits per heavy atom. The average Bonchev–Trinajstić information content (AvgIpc) is 3.31. The van der Waals surface area contributed by atoms with Crippen LogP contribution in [0.25, 0.3) is 0 Å². The molecule has 1 N–H and O–H groups in total. The minimum atomic E-state index is -0.409. The van der Waals surface area contributed by atoms with Crippen LogP contribution in [0.15, 0.2) is 53.6 Å². The van der Waals surface area contributed by atoms with Crippen LogP contribution in [0, 0.1) is 11.3 Å². The van der Waals surface area contributed by atoms with Gasteiger partial charge in [0, 0.05) is 58.4 Å². The fourth-order valence-electron chi connectivity index (χ4n) is 5.14. The first kappa shape index (κ1) is 25.7. The lowest BCUT2D eigenvalue weighted by molar-refractivity contribution is -0.131. The molecule has 1 atom stereocenters. The van der Waals surface area contributed by atoms with E-state index in [4.69, 9.17) is 16.9 Å². The quantitative estimate of drug-likeness (QED) is 0.493. The maximum absolute atomic E-state index is 13.0. The number of H-pyrrole nitrogens is 1. The lowest BCUT2D eigenvalue weighted by Gasteiger charge is -2.36. The van der Waals surface area contributed by atoms with E-state index in [1.54, 1.807) is 18.5 Å². The minimum Gasteiger partial charge on any atom is -0.356 e. The molecule has 4 heterocycles. The first-order valence-electron chi connectivity index (χ1n) is 12.6. The van der Waals surface area contributed by atoms with Crippen molar-refractivity contribution in [2.24, 2.45) is 0 Å². The third kappa shape index (κ3) is 5.35. The van der Waals surface area contributed by atoms with Gasteiger partial charge in [-0.1, -0.05) is 35.9 Å². The molecule has 196 valence electrons. The van der Waals surface area contributed by atoms with Crippen molar-refractivity contribution in [2.45, 2.75) is 19.0 Å². The lowest BCUT2D eigenvalue weighted by atomic mass is 10.0. The molecule has 0 bridgehead atoms. The third-order valence-electron chi connectivity index (χ3n) is 7.24. The van der Waals surface area contributed by atoms with Crippen molar-refractivity contribution in [1.82, 2.24) is 25.0 Å². The summed E-state index contributed by atoms with van der Waals surface area (Å²) in [6.45, 7) is 4.62. The summed E-state index contributed by atoms with van der Waals surface area (Å²) in [4.78, 5) is 37.8. The van der Waals surface area contributed by atoms with Crippen molar-refractivity contribution in [2.75, 3.05) is 56.1 Å². The van der Waals surface area contributed by atoms with E-state index >= 15 is 0 Å². The Kier molecular flexibility index (Phi) is 7.58. The number of aromatic nitrogens is 3. The summed E-state index contributed by atoms with van der Waals surface area (Å²) in [5.41, 5.74) is 3.11. The number of benzene rings is 1. The topological polar surface area (TPSA) is 112 Å². The van der Waals surface area contributed by atoms with E-state index in [0.717, 1.165) is 5.82 Å². The number of piperazine rings is 1. The van der Waals surface area contributed by atoms with E-state index < -0.39 is 5.56 Å². The molecule has 38 heavy (non-hydrogen) atoms. The molecule has 1 amide bonds. The standard InChI is InChI=1S/C27H29ClN8O2/c1-33(9-8-25(37)35-12-10-34(11-13-35)24-7-6-19(14-29)15-30-24)18-23-21-5-3-2-4-20(21)17-36(23)22-16-31-32-27(38)26(22)28/h2-7,15-16,23H,8-13,17-18H2,1H3,(H,32,38). The second-order valence-electron chi connectivity index (χ2n) is 9.64. The Morgan fingerprint density at radius 1 is 1.18 bits per heavy atom. The summed E-state index contributed by atoms with van der Waals surface area (Å²) in [6.07, 6.45) is 3.60. The number of carbonyl (C=O) groups excluding carboxylic acids is 1. The highest BCUT2D eigenvalue weighted by molar-refractivity contribution is 6.33. The predicted octanol–water partition coefficient (Wildman–Crippen LogP) is 2.42. The molecule has 1 aromatic carbocycles. The van der Waals surface area contributed by atoms with Crippen molar-refractivity contribution in [3.63, 3.8) is 0 Å². The zero-order chi connectivity index (χ0) is 26.6. The van der Waals surface area contributed by atoms with Crippen LogP contribution in [0.5, 0.6) is 0 Å². The smallest absolute Gasteiger partial charge is 0.285 e. The van der Waals surface area contributed by atoms with E-state index in [-0.39, 0.29) is 17.0 Å². The number of likely N-dealkylation sites (N-methyl/N-ethyl adjacent to an activating group) is 1. The molecule has 2 aliphatic rings. The van der Waals surface area contributed by atoms with Crippen LogP contribution in [-0.4, -0.2) is 77.2 Å². The molecule has 0 aliphatic carbocycles. The average molecular weight is 533 g/mol. The number of nitriles is 1. The number of amides is 1. The molecule has 0 saturated carbocycles. The molecular formula is C27H29ClN8O2. The molecule has 10 nitrogen and oxygen atoms in total. The Hall–Kier alpha value is -3.94. The summed E-state index contributed by atoms with van der Waals surface area (Å²) in [5.74, 6) is 0.961. The maximum atomic E-state index is 13.0. The first-order valence-corrected chi connectivity index (χ1v) is 13.0. The number of nitrogens with one attached hydrogen (secondary N) is 1. The molecule has 1 unspecified atom stereocenters. The third-order valence-corrected chi connectivity index (χ3v) is 7.61. The van der Waals surface area contributed by atoms with Crippen LogP contribution in [0.4, 0.5) is 11.5 Å². The normalized spacial score (nSPS) is 17.0. The van der Waals surface area contributed by atoms with Gasteiger partial charge in [0.25, 0.3) is 5.56 Å². The minimum absolute atomic E-state index is 0.0177. The number of carbonyl (C=O) groups is 1. The van der Waals surface area contributed by atoms with Crippen LogP contribution in [0.1, 0.15) is 29.2 Å². The second-order valence-corrected chi connectivity index (χ2v) is 10.0.